The number of nitrogens with zero attached hydrogens (tertiary/aromatic N) is 1. The lowest BCUT2D eigenvalue weighted by Gasteiger charge is -2.17. The van der Waals surface area contributed by atoms with Crippen molar-refractivity contribution >= 4 is 10.2 Å². The minimum absolute atomic E-state index is 0.417. The molecule has 0 saturated heterocycles. The fourth-order valence-electron chi connectivity index (χ4n) is 1.45. The van der Waals surface area contributed by atoms with Gasteiger partial charge in [-0.1, -0.05) is 0 Å². The molecule has 1 fully saturated rings. The topological polar surface area (TPSA) is 84.7 Å². The summed E-state index contributed by atoms with van der Waals surface area (Å²) in [5.74, 6) is 0.754. The number of rotatable bonds is 11. The summed E-state index contributed by atoms with van der Waals surface area (Å²) in [7, 11) is -1.79. The Labute approximate surface area is 110 Å². The third-order valence-electron chi connectivity index (χ3n) is 2.89. The Morgan fingerprint density at radius 1 is 1.39 bits per heavy atom. The molecule has 0 aromatic heterocycles. The van der Waals surface area contributed by atoms with E-state index in [0.717, 1.165) is 12.5 Å². The van der Waals surface area contributed by atoms with Crippen LogP contribution >= 0.6 is 0 Å². The van der Waals surface area contributed by atoms with Crippen LogP contribution < -0.4 is 10.5 Å². The Bertz CT molecular complexity index is 317. The average molecular weight is 279 g/mol. The first-order chi connectivity index (χ1) is 8.56. The molecule has 6 nitrogen and oxygen atoms in total. The number of ether oxygens (including phenoxy) is 1. The van der Waals surface area contributed by atoms with Gasteiger partial charge in [0.1, 0.15) is 0 Å². The molecule has 0 unspecified atom stereocenters. The zero-order chi connectivity index (χ0) is 13.4. The van der Waals surface area contributed by atoms with Gasteiger partial charge in [-0.15, -0.1) is 0 Å². The molecule has 0 heterocycles. The van der Waals surface area contributed by atoms with Crippen molar-refractivity contribution in [2.45, 2.75) is 25.7 Å². The summed E-state index contributed by atoms with van der Waals surface area (Å²) in [6, 6.07) is 0. The molecule has 7 heteroatoms. The third-order valence-corrected chi connectivity index (χ3v) is 4.46. The molecule has 1 rings (SSSR count). The predicted molar refractivity (Wildman–Crippen MR) is 71.4 cm³/mol. The van der Waals surface area contributed by atoms with Crippen molar-refractivity contribution in [2.24, 2.45) is 11.7 Å². The molecule has 3 N–H and O–H groups in total. The second kappa shape index (κ2) is 8.06. The molecule has 0 radical (unpaired) electrons. The largest absolute Gasteiger partial charge is 0.381 e. The first kappa shape index (κ1) is 15.8. The van der Waals surface area contributed by atoms with Gasteiger partial charge in [-0.05, 0) is 38.1 Å². The maximum atomic E-state index is 11.7. The Morgan fingerprint density at radius 3 is 2.72 bits per heavy atom. The van der Waals surface area contributed by atoms with Crippen molar-refractivity contribution in [3.63, 3.8) is 0 Å². The van der Waals surface area contributed by atoms with Crippen LogP contribution in [0, 0.1) is 5.92 Å². The lowest BCUT2D eigenvalue weighted by molar-refractivity contribution is 0.123. The van der Waals surface area contributed by atoms with Gasteiger partial charge in [0.25, 0.3) is 10.2 Å². The maximum absolute atomic E-state index is 11.7. The van der Waals surface area contributed by atoms with Crippen molar-refractivity contribution in [3.05, 3.63) is 0 Å². The van der Waals surface area contributed by atoms with E-state index in [-0.39, 0.29) is 0 Å². The highest BCUT2D eigenvalue weighted by Gasteiger charge is 2.21. The van der Waals surface area contributed by atoms with Gasteiger partial charge >= 0.3 is 0 Å². The summed E-state index contributed by atoms with van der Waals surface area (Å²) >= 11 is 0. The quantitative estimate of drug-likeness (QED) is 0.518. The molecule has 0 aromatic carbocycles. The van der Waals surface area contributed by atoms with Crippen LogP contribution in [-0.4, -0.2) is 52.6 Å². The first-order valence-corrected chi connectivity index (χ1v) is 7.99. The maximum Gasteiger partial charge on any atom is 0.279 e. The van der Waals surface area contributed by atoms with Crippen LogP contribution in [0.5, 0.6) is 0 Å². The Kier molecular flexibility index (Phi) is 7.10. The van der Waals surface area contributed by atoms with E-state index in [1.807, 2.05) is 0 Å². The van der Waals surface area contributed by atoms with Gasteiger partial charge in [0, 0.05) is 33.4 Å². The monoisotopic (exact) mass is 279 g/mol. The van der Waals surface area contributed by atoms with E-state index in [0.29, 0.717) is 39.1 Å². The van der Waals surface area contributed by atoms with Crippen molar-refractivity contribution in [2.75, 3.05) is 39.9 Å². The van der Waals surface area contributed by atoms with Crippen LogP contribution in [0.3, 0.4) is 0 Å². The van der Waals surface area contributed by atoms with Crippen molar-refractivity contribution in [3.8, 4) is 0 Å². The van der Waals surface area contributed by atoms with Gasteiger partial charge in [0.05, 0.1) is 0 Å². The van der Waals surface area contributed by atoms with Gasteiger partial charge in [-0.2, -0.15) is 12.7 Å². The minimum Gasteiger partial charge on any atom is -0.381 e. The van der Waals surface area contributed by atoms with E-state index in [1.165, 1.54) is 17.1 Å². The first-order valence-electron chi connectivity index (χ1n) is 6.55. The van der Waals surface area contributed by atoms with E-state index in [4.69, 9.17) is 10.5 Å². The SMILES string of the molecule is CN(CCCN)S(=O)(=O)NCCCOCC1CC1. The molecule has 18 heavy (non-hydrogen) atoms. The van der Waals surface area contributed by atoms with E-state index in [1.54, 1.807) is 7.05 Å². The van der Waals surface area contributed by atoms with Crippen LogP contribution in [0.4, 0.5) is 0 Å². The highest BCUT2D eigenvalue weighted by Crippen LogP contribution is 2.28. The van der Waals surface area contributed by atoms with Crippen LogP contribution in [0.2, 0.25) is 0 Å². The normalized spacial score (nSPS) is 16.4. The average Bonchev–Trinajstić information content (AvgIpc) is 3.14. The van der Waals surface area contributed by atoms with E-state index >= 15 is 0 Å². The molecule has 0 amide bonds. The molecule has 1 saturated carbocycles. The summed E-state index contributed by atoms with van der Waals surface area (Å²) in [4.78, 5) is 0. The summed E-state index contributed by atoms with van der Waals surface area (Å²) < 4.78 is 32.7. The molecule has 0 bridgehead atoms. The summed E-state index contributed by atoms with van der Waals surface area (Å²) in [6.45, 7) is 2.80. The molecule has 108 valence electrons. The van der Waals surface area contributed by atoms with Gasteiger partial charge in [-0.3, -0.25) is 0 Å². The summed E-state index contributed by atoms with van der Waals surface area (Å²) in [6.07, 6.45) is 3.93. The van der Waals surface area contributed by atoms with Crippen LogP contribution in [-0.2, 0) is 14.9 Å². The third kappa shape index (κ3) is 6.65. The van der Waals surface area contributed by atoms with Crippen LogP contribution in [0.15, 0.2) is 0 Å². The molecule has 0 aromatic rings. The smallest absolute Gasteiger partial charge is 0.279 e. The lowest BCUT2D eigenvalue weighted by Crippen LogP contribution is -2.39. The number of hydrogen-bond acceptors (Lipinski definition) is 4. The second-order valence-electron chi connectivity index (χ2n) is 4.73. The zero-order valence-electron chi connectivity index (χ0n) is 11.1. The highest BCUT2D eigenvalue weighted by molar-refractivity contribution is 7.87. The Hall–Kier alpha value is -0.210. The lowest BCUT2D eigenvalue weighted by atomic mass is 10.4. The van der Waals surface area contributed by atoms with Crippen molar-refractivity contribution < 1.29 is 13.2 Å². The van der Waals surface area contributed by atoms with E-state index in [9.17, 15) is 8.42 Å². The molecule has 0 aliphatic heterocycles. The van der Waals surface area contributed by atoms with Crippen molar-refractivity contribution in [1.82, 2.24) is 9.03 Å². The summed E-state index contributed by atoms with van der Waals surface area (Å²) in [5.41, 5.74) is 5.35. The van der Waals surface area contributed by atoms with Gasteiger partial charge in [-0.25, -0.2) is 4.72 Å². The second-order valence-corrected chi connectivity index (χ2v) is 6.60. The van der Waals surface area contributed by atoms with Crippen LogP contribution in [0.25, 0.3) is 0 Å². The fraction of sp³-hybridized carbons (Fsp3) is 1.00. The van der Waals surface area contributed by atoms with Crippen LogP contribution in [0.1, 0.15) is 25.7 Å². The number of nitrogens with one attached hydrogen (secondary N) is 1. The number of nitrogens with two attached hydrogens (primary N) is 1. The molecule has 1 aliphatic rings. The zero-order valence-corrected chi connectivity index (χ0v) is 11.9. The van der Waals surface area contributed by atoms with Gasteiger partial charge in [0.15, 0.2) is 0 Å². The summed E-state index contributed by atoms with van der Waals surface area (Å²) in [5, 5.41) is 0. The molecule has 1 aliphatic carbocycles. The Morgan fingerprint density at radius 2 is 2.11 bits per heavy atom. The fourth-order valence-corrected chi connectivity index (χ4v) is 2.45. The molecular formula is C11H25N3O3S. The molecular weight excluding hydrogens is 254 g/mol. The molecule has 0 spiro atoms. The Balaban J connectivity index is 2.04. The predicted octanol–water partition coefficient (Wildman–Crippen LogP) is -0.0819. The highest BCUT2D eigenvalue weighted by atomic mass is 32.2. The number of hydrogen-bond donors (Lipinski definition) is 2. The van der Waals surface area contributed by atoms with E-state index < -0.39 is 10.2 Å². The standard InChI is InChI=1S/C11H25N3O3S/c1-14(8-2-6-12)18(15,16)13-7-3-9-17-10-11-4-5-11/h11,13H,2-10,12H2,1H3. The van der Waals surface area contributed by atoms with E-state index in [2.05, 4.69) is 4.72 Å². The van der Waals surface area contributed by atoms with Crippen molar-refractivity contribution in [1.29, 1.82) is 0 Å². The van der Waals surface area contributed by atoms with Gasteiger partial charge < -0.3 is 10.5 Å². The van der Waals surface area contributed by atoms with Gasteiger partial charge in [0.2, 0.25) is 0 Å². The minimum atomic E-state index is -3.35. The molecule has 0 atom stereocenters.